The first kappa shape index (κ1) is 15.7. The van der Waals surface area contributed by atoms with Crippen LogP contribution in [0.5, 0.6) is 0 Å². The second-order valence-corrected chi connectivity index (χ2v) is 6.87. The van der Waals surface area contributed by atoms with E-state index in [1.807, 2.05) is 19.1 Å². The molecule has 23 heavy (non-hydrogen) atoms. The molecule has 0 unspecified atom stereocenters. The Hall–Kier alpha value is -2.14. The van der Waals surface area contributed by atoms with Gasteiger partial charge in [0, 0.05) is 29.0 Å². The summed E-state index contributed by atoms with van der Waals surface area (Å²) in [5.41, 5.74) is 3.17. The molecule has 0 radical (unpaired) electrons. The molecule has 4 nitrogen and oxygen atoms in total. The van der Waals surface area contributed by atoms with E-state index in [9.17, 15) is 4.79 Å². The number of rotatable bonds is 4. The molecule has 5 heteroatoms. The summed E-state index contributed by atoms with van der Waals surface area (Å²) in [6.45, 7) is 8.21. The number of fused-ring (bicyclic) bond motifs is 1. The molecule has 1 N–H and O–H groups in total. The maximum atomic E-state index is 12.8. The number of pyridine rings is 1. The molecule has 0 aliphatic heterocycles. The third kappa shape index (κ3) is 2.77. The van der Waals surface area contributed by atoms with Gasteiger partial charge in [0.2, 0.25) is 0 Å². The van der Waals surface area contributed by atoms with E-state index in [1.165, 1.54) is 11.3 Å². The molecular formula is C18H21N3OS. The Morgan fingerprint density at radius 2 is 2.00 bits per heavy atom. The number of nitrogens with one attached hydrogen (secondary N) is 1. The van der Waals surface area contributed by atoms with Crippen molar-refractivity contribution in [3.05, 3.63) is 46.7 Å². The minimum Gasteiger partial charge on any atom is -0.349 e. The van der Waals surface area contributed by atoms with Gasteiger partial charge in [0.15, 0.2) is 0 Å². The third-order valence-electron chi connectivity index (χ3n) is 4.13. The first-order valence-corrected chi connectivity index (χ1v) is 8.68. The minimum absolute atomic E-state index is 0.0233. The molecule has 3 heterocycles. The quantitative estimate of drug-likeness (QED) is 0.779. The molecule has 3 rings (SSSR count). The predicted molar refractivity (Wildman–Crippen MR) is 95.6 cm³/mol. The lowest BCUT2D eigenvalue weighted by Crippen LogP contribution is -2.32. The lowest BCUT2D eigenvalue weighted by Gasteiger charge is -2.14. The fourth-order valence-corrected chi connectivity index (χ4v) is 3.74. The van der Waals surface area contributed by atoms with E-state index in [2.05, 4.69) is 47.8 Å². The molecule has 0 spiro atoms. The summed E-state index contributed by atoms with van der Waals surface area (Å²) >= 11 is 1.46. The standard InChI is InChI=1S/C18H21N3OS/c1-5-11(2)20-17(22)16-15(21-12(3)8-9-13(21)4)14-7-6-10-19-18(14)23-16/h6-11H,5H2,1-4H3,(H,20,22)/t11-/m1/s1. The lowest BCUT2D eigenvalue weighted by molar-refractivity contribution is 0.0943. The number of amides is 1. The van der Waals surface area contributed by atoms with E-state index in [-0.39, 0.29) is 11.9 Å². The highest BCUT2D eigenvalue weighted by Crippen LogP contribution is 2.34. The van der Waals surface area contributed by atoms with Crippen LogP contribution < -0.4 is 5.32 Å². The molecular weight excluding hydrogens is 306 g/mol. The first-order chi connectivity index (χ1) is 11.0. The number of aryl methyl sites for hydroxylation is 2. The van der Waals surface area contributed by atoms with Crippen LogP contribution in [0.2, 0.25) is 0 Å². The van der Waals surface area contributed by atoms with Crippen molar-refractivity contribution in [2.45, 2.75) is 40.2 Å². The third-order valence-corrected chi connectivity index (χ3v) is 5.23. The molecule has 0 aliphatic rings. The van der Waals surface area contributed by atoms with Gasteiger partial charge in [-0.15, -0.1) is 11.3 Å². The van der Waals surface area contributed by atoms with Gasteiger partial charge in [-0.3, -0.25) is 4.79 Å². The van der Waals surface area contributed by atoms with Crippen molar-refractivity contribution >= 4 is 27.5 Å². The summed E-state index contributed by atoms with van der Waals surface area (Å²) in [6, 6.07) is 8.26. The Bertz CT molecular complexity index is 843. The second-order valence-electron chi connectivity index (χ2n) is 5.87. The van der Waals surface area contributed by atoms with Crippen molar-refractivity contribution in [2.24, 2.45) is 0 Å². The van der Waals surface area contributed by atoms with Crippen LogP contribution in [0.3, 0.4) is 0 Å². The van der Waals surface area contributed by atoms with E-state index in [1.54, 1.807) is 6.20 Å². The summed E-state index contributed by atoms with van der Waals surface area (Å²) in [5, 5.41) is 4.10. The van der Waals surface area contributed by atoms with Crippen molar-refractivity contribution < 1.29 is 4.79 Å². The zero-order valence-corrected chi connectivity index (χ0v) is 14.7. The van der Waals surface area contributed by atoms with E-state index in [0.29, 0.717) is 0 Å². The molecule has 3 aromatic heterocycles. The molecule has 1 amide bonds. The van der Waals surface area contributed by atoms with Crippen LogP contribution in [0.15, 0.2) is 30.5 Å². The summed E-state index contributed by atoms with van der Waals surface area (Å²) in [4.78, 5) is 18.8. The highest BCUT2D eigenvalue weighted by molar-refractivity contribution is 7.21. The van der Waals surface area contributed by atoms with Crippen LogP contribution in [-0.2, 0) is 0 Å². The van der Waals surface area contributed by atoms with Gasteiger partial charge in [0.05, 0.1) is 5.69 Å². The fourth-order valence-electron chi connectivity index (χ4n) is 2.71. The van der Waals surface area contributed by atoms with Crippen LogP contribution in [0.4, 0.5) is 0 Å². The molecule has 0 fully saturated rings. The van der Waals surface area contributed by atoms with E-state index in [4.69, 9.17) is 0 Å². The van der Waals surface area contributed by atoms with Crippen molar-refractivity contribution in [1.29, 1.82) is 0 Å². The first-order valence-electron chi connectivity index (χ1n) is 7.86. The number of carbonyl (C=O) groups excluding carboxylic acids is 1. The Balaban J connectivity index is 2.22. The summed E-state index contributed by atoms with van der Waals surface area (Å²) < 4.78 is 2.14. The molecule has 120 valence electrons. The zero-order valence-electron chi connectivity index (χ0n) is 13.9. The maximum Gasteiger partial charge on any atom is 0.263 e. The maximum absolute atomic E-state index is 12.8. The SMILES string of the molecule is CC[C@@H](C)NC(=O)c1sc2ncccc2c1-n1c(C)ccc1C. The number of hydrogen-bond donors (Lipinski definition) is 1. The summed E-state index contributed by atoms with van der Waals surface area (Å²) in [6.07, 6.45) is 2.68. The van der Waals surface area contributed by atoms with Crippen molar-refractivity contribution in [3.8, 4) is 5.69 Å². The largest absolute Gasteiger partial charge is 0.349 e. The molecule has 0 aromatic carbocycles. The average molecular weight is 327 g/mol. The Kier molecular flexibility index (Phi) is 4.22. The van der Waals surface area contributed by atoms with Gasteiger partial charge >= 0.3 is 0 Å². The summed E-state index contributed by atoms with van der Waals surface area (Å²) in [5.74, 6) is -0.0233. The van der Waals surface area contributed by atoms with Gasteiger partial charge in [-0.25, -0.2) is 4.98 Å². The van der Waals surface area contributed by atoms with Crippen molar-refractivity contribution in [3.63, 3.8) is 0 Å². The topological polar surface area (TPSA) is 46.9 Å². The van der Waals surface area contributed by atoms with E-state index < -0.39 is 0 Å². The summed E-state index contributed by atoms with van der Waals surface area (Å²) in [7, 11) is 0. The van der Waals surface area contributed by atoms with Gasteiger partial charge in [-0.05, 0) is 51.5 Å². The monoisotopic (exact) mass is 327 g/mol. The van der Waals surface area contributed by atoms with Gasteiger partial charge in [-0.1, -0.05) is 6.92 Å². The van der Waals surface area contributed by atoms with Gasteiger partial charge in [0.25, 0.3) is 5.91 Å². The molecule has 3 aromatic rings. The van der Waals surface area contributed by atoms with Crippen LogP contribution in [0.1, 0.15) is 41.3 Å². The number of nitrogens with zero attached hydrogens (tertiary/aromatic N) is 2. The van der Waals surface area contributed by atoms with Gasteiger partial charge in [-0.2, -0.15) is 0 Å². The van der Waals surface area contributed by atoms with Crippen LogP contribution in [0, 0.1) is 13.8 Å². The van der Waals surface area contributed by atoms with Crippen LogP contribution >= 0.6 is 11.3 Å². The Morgan fingerprint density at radius 1 is 1.30 bits per heavy atom. The second kappa shape index (κ2) is 6.16. The molecule has 0 bridgehead atoms. The zero-order chi connectivity index (χ0) is 16.6. The van der Waals surface area contributed by atoms with E-state index in [0.717, 1.165) is 38.6 Å². The van der Waals surface area contributed by atoms with Crippen molar-refractivity contribution in [2.75, 3.05) is 0 Å². The fraction of sp³-hybridized carbons (Fsp3) is 0.333. The van der Waals surface area contributed by atoms with Gasteiger partial charge in [0.1, 0.15) is 9.71 Å². The molecule has 0 aliphatic carbocycles. The lowest BCUT2D eigenvalue weighted by atomic mass is 10.2. The van der Waals surface area contributed by atoms with Crippen LogP contribution in [-0.4, -0.2) is 21.5 Å². The predicted octanol–water partition coefficient (Wildman–Crippen LogP) is 4.23. The van der Waals surface area contributed by atoms with Gasteiger partial charge < -0.3 is 9.88 Å². The molecule has 1 atom stereocenters. The van der Waals surface area contributed by atoms with E-state index >= 15 is 0 Å². The average Bonchev–Trinajstić information content (AvgIpc) is 3.07. The van der Waals surface area contributed by atoms with Crippen molar-refractivity contribution in [1.82, 2.24) is 14.9 Å². The minimum atomic E-state index is -0.0233. The molecule has 0 saturated carbocycles. The number of aromatic nitrogens is 2. The molecule has 0 saturated heterocycles. The normalized spacial score (nSPS) is 12.5. The number of thiophene rings is 1. The smallest absolute Gasteiger partial charge is 0.263 e. The Morgan fingerprint density at radius 3 is 2.65 bits per heavy atom. The Labute approximate surface area is 140 Å². The highest BCUT2D eigenvalue weighted by atomic mass is 32.1. The van der Waals surface area contributed by atoms with Crippen LogP contribution in [0.25, 0.3) is 15.9 Å². The number of carbonyl (C=O) groups is 1. The number of hydrogen-bond acceptors (Lipinski definition) is 3. The highest BCUT2D eigenvalue weighted by Gasteiger charge is 2.22.